The monoisotopic (exact) mass is 321 g/mol. The van der Waals surface area contributed by atoms with Gasteiger partial charge >= 0.3 is 0 Å². The first-order chi connectivity index (χ1) is 9.06. The highest BCUT2D eigenvalue weighted by Crippen LogP contribution is 2.24. The standard InChI is InChI=1S/C16H17BrFN/c1-11-3-5-13(6-4-11)10-19-12(2)15-8-7-14(18)9-16(15)17/h3-9,12,19H,10H2,1-2H3. The maximum atomic E-state index is 13.0. The molecule has 0 spiro atoms. The molecule has 0 radical (unpaired) electrons. The van der Waals surface area contributed by atoms with Gasteiger partial charge in [0.2, 0.25) is 0 Å². The third kappa shape index (κ3) is 3.88. The van der Waals surface area contributed by atoms with E-state index < -0.39 is 0 Å². The van der Waals surface area contributed by atoms with Crippen LogP contribution in [0, 0.1) is 12.7 Å². The summed E-state index contributed by atoms with van der Waals surface area (Å²) < 4.78 is 13.9. The second-order valence-electron chi connectivity index (χ2n) is 4.75. The molecule has 1 atom stereocenters. The Bertz CT molecular complexity index is 551. The summed E-state index contributed by atoms with van der Waals surface area (Å²) in [6, 6.07) is 13.4. The molecule has 1 N–H and O–H groups in total. The van der Waals surface area contributed by atoms with Crippen molar-refractivity contribution in [2.24, 2.45) is 0 Å². The summed E-state index contributed by atoms with van der Waals surface area (Å²) in [7, 11) is 0. The Hall–Kier alpha value is -1.19. The number of benzene rings is 2. The van der Waals surface area contributed by atoms with E-state index in [4.69, 9.17) is 0 Å². The fraction of sp³-hybridized carbons (Fsp3) is 0.250. The molecular formula is C16H17BrFN. The van der Waals surface area contributed by atoms with Crippen LogP contribution in [0.5, 0.6) is 0 Å². The third-order valence-corrected chi connectivity index (χ3v) is 3.85. The number of aryl methyl sites for hydroxylation is 1. The second-order valence-corrected chi connectivity index (χ2v) is 5.61. The molecular weight excluding hydrogens is 305 g/mol. The van der Waals surface area contributed by atoms with E-state index in [1.54, 1.807) is 0 Å². The Balaban J connectivity index is 2.01. The van der Waals surface area contributed by atoms with Crippen molar-refractivity contribution >= 4 is 15.9 Å². The highest BCUT2D eigenvalue weighted by atomic mass is 79.9. The normalized spacial score (nSPS) is 12.4. The molecule has 19 heavy (non-hydrogen) atoms. The van der Waals surface area contributed by atoms with Crippen LogP contribution in [-0.4, -0.2) is 0 Å². The van der Waals surface area contributed by atoms with E-state index in [-0.39, 0.29) is 11.9 Å². The fourth-order valence-corrected chi connectivity index (χ4v) is 2.63. The summed E-state index contributed by atoms with van der Waals surface area (Å²) in [6.45, 7) is 4.95. The summed E-state index contributed by atoms with van der Waals surface area (Å²) >= 11 is 3.40. The summed E-state index contributed by atoms with van der Waals surface area (Å²) in [6.07, 6.45) is 0. The molecule has 0 heterocycles. The zero-order valence-electron chi connectivity index (χ0n) is 11.1. The average molecular weight is 322 g/mol. The molecule has 2 aromatic rings. The van der Waals surface area contributed by atoms with Crippen molar-refractivity contribution in [3.8, 4) is 0 Å². The lowest BCUT2D eigenvalue weighted by Crippen LogP contribution is -2.18. The maximum absolute atomic E-state index is 13.0. The van der Waals surface area contributed by atoms with Crippen molar-refractivity contribution in [3.05, 3.63) is 69.4 Å². The smallest absolute Gasteiger partial charge is 0.124 e. The first kappa shape index (κ1) is 14.2. The van der Waals surface area contributed by atoms with Crippen molar-refractivity contribution in [3.63, 3.8) is 0 Å². The van der Waals surface area contributed by atoms with Gasteiger partial charge in [-0.25, -0.2) is 4.39 Å². The fourth-order valence-electron chi connectivity index (χ4n) is 1.94. The molecule has 2 rings (SSSR count). The largest absolute Gasteiger partial charge is 0.306 e. The van der Waals surface area contributed by atoms with Gasteiger partial charge in [-0.15, -0.1) is 0 Å². The lowest BCUT2D eigenvalue weighted by molar-refractivity contribution is 0.568. The highest BCUT2D eigenvalue weighted by molar-refractivity contribution is 9.10. The third-order valence-electron chi connectivity index (χ3n) is 3.16. The number of nitrogens with one attached hydrogen (secondary N) is 1. The molecule has 0 amide bonds. The van der Waals surface area contributed by atoms with Gasteiger partial charge in [0.25, 0.3) is 0 Å². The van der Waals surface area contributed by atoms with Gasteiger partial charge in [-0.05, 0) is 37.1 Å². The molecule has 0 fully saturated rings. The van der Waals surface area contributed by atoms with E-state index in [0.717, 1.165) is 16.6 Å². The van der Waals surface area contributed by atoms with Gasteiger partial charge in [0.05, 0.1) is 0 Å². The minimum absolute atomic E-state index is 0.163. The molecule has 0 aliphatic rings. The Morgan fingerprint density at radius 2 is 1.84 bits per heavy atom. The molecule has 0 saturated heterocycles. The van der Waals surface area contributed by atoms with Crippen molar-refractivity contribution in [2.45, 2.75) is 26.4 Å². The van der Waals surface area contributed by atoms with Crippen molar-refractivity contribution in [1.29, 1.82) is 0 Å². The van der Waals surface area contributed by atoms with Gasteiger partial charge in [-0.3, -0.25) is 0 Å². The first-order valence-corrected chi connectivity index (χ1v) is 7.09. The zero-order chi connectivity index (χ0) is 13.8. The van der Waals surface area contributed by atoms with Gasteiger partial charge in [-0.1, -0.05) is 51.8 Å². The predicted octanol–water partition coefficient (Wildman–Crippen LogP) is 4.75. The topological polar surface area (TPSA) is 12.0 Å². The number of hydrogen-bond donors (Lipinski definition) is 1. The van der Waals surface area contributed by atoms with Gasteiger partial charge in [-0.2, -0.15) is 0 Å². The first-order valence-electron chi connectivity index (χ1n) is 6.30. The van der Waals surface area contributed by atoms with Crippen molar-refractivity contribution in [1.82, 2.24) is 5.32 Å². The van der Waals surface area contributed by atoms with Crippen LogP contribution >= 0.6 is 15.9 Å². The Kier molecular flexibility index (Phi) is 4.72. The number of hydrogen-bond acceptors (Lipinski definition) is 1. The molecule has 0 aromatic heterocycles. The van der Waals surface area contributed by atoms with Gasteiger partial charge in [0.15, 0.2) is 0 Å². The summed E-state index contributed by atoms with van der Waals surface area (Å²) in [5.74, 6) is -0.221. The Morgan fingerprint density at radius 1 is 1.16 bits per heavy atom. The van der Waals surface area contributed by atoms with E-state index in [2.05, 4.69) is 59.4 Å². The predicted molar refractivity (Wildman–Crippen MR) is 80.5 cm³/mol. The zero-order valence-corrected chi connectivity index (χ0v) is 12.7. The van der Waals surface area contributed by atoms with E-state index in [1.807, 2.05) is 6.07 Å². The average Bonchev–Trinajstić information content (AvgIpc) is 2.37. The minimum atomic E-state index is -0.221. The van der Waals surface area contributed by atoms with Crippen LogP contribution in [0.25, 0.3) is 0 Å². The quantitative estimate of drug-likeness (QED) is 0.857. The number of rotatable bonds is 4. The van der Waals surface area contributed by atoms with Gasteiger partial charge in [0.1, 0.15) is 5.82 Å². The van der Waals surface area contributed by atoms with Gasteiger partial charge < -0.3 is 5.32 Å². The molecule has 0 saturated carbocycles. The lowest BCUT2D eigenvalue weighted by atomic mass is 10.1. The van der Waals surface area contributed by atoms with Gasteiger partial charge in [0, 0.05) is 17.1 Å². The van der Waals surface area contributed by atoms with Crippen LogP contribution in [0.2, 0.25) is 0 Å². The summed E-state index contributed by atoms with van der Waals surface area (Å²) in [4.78, 5) is 0. The van der Waals surface area contributed by atoms with Crippen molar-refractivity contribution < 1.29 is 4.39 Å². The van der Waals surface area contributed by atoms with E-state index in [9.17, 15) is 4.39 Å². The molecule has 0 aliphatic heterocycles. The lowest BCUT2D eigenvalue weighted by Gasteiger charge is -2.16. The summed E-state index contributed by atoms with van der Waals surface area (Å²) in [5.41, 5.74) is 3.57. The van der Waals surface area contributed by atoms with Crippen molar-refractivity contribution in [2.75, 3.05) is 0 Å². The second kappa shape index (κ2) is 6.31. The molecule has 0 aliphatic carbocycles. The van der Waals surface area contributed by atoms with Crippen LogP contribution in [0.4, 0.5) is 4.39 Å². The van der Waals surface area contributed by atoms with Crippen LogP contribution in [0.3, 0.4) is 0 Å². The molecule has 1 nitrogen and oxygen atoms in total. The molecule has 1 unspecified atom stereocenters. The van der Waals surface area contributed by atoms with E-state index in [1.165, 1.54) is 23.3 Å². The Morgan fingerprint density at radius 3 is 2.47 bits per heavy atom. The maximum Gasteiger partial charge on any atom is 0.124 e. The van der Waals surface area contributed by atoms with Crippen LogP contribution in [-0.2, 0) is 6.54 Å². The van der Waals surface area contributed by atoms with E-state index >= 15 is 0 Å². The Labute approximate surface area is 122 Å². The van der Waals surface area contributed by atoms with Crippen LogP contribution in [0.1, 0.15) is 29.7 Å². The molecule has 2 aromatic carbocycles. The molecule has 3 heteroatoms. The van der Waals surface area contributed by atoms with Crippen LogP contribution < -0.4 is 5.32 Å². The number of halogens is 2. The van der Waals surface area contributed by atoms with E-state index in [0.29, 0.717) is 0 Å². The highest BCUT2D eigenvalue weighted by Gasteiger charge is 2.09. The SMILES string of the molecule is Cc1ccc(CNC(C)c2ccc(F)cc2Br)cc1. The minimum Gasteiger partial charge on any atom is -0.306 e. The molecule has 0 bridgehead atoms. The summed E-state index contributed by atoms with van der Waals surface area (Å²) in [5, 5.41) is 3.44. The van der Waals surface area contributed by atoms with Crippen LogP contribution in [0.15, 0.2) is 46.9 Å². The molecule has 100 valence electrons.